The Morgan fingerprint density at radius 1 is 1.22 bits per heavy atom. The Kier molecular flexibility index (Phi) is 6.58. The van der Waals surface area contributed by atoms with Crippen molar-refractivity contribution in [2.75, 3.05) is 18.8 Å². The molecule has 0 saturated carbocycles. The van der Waals surface area contributed by atoms with Gasteiger partial charge in [-0.25, -0.2) is 8.42 Å². The molecule has 0 saturated heterocycles. The van der Waals surface area contributed by atoms with E-state index in [1.807, 2.05) is 6.08 Å². The van der Waals surface area contributed by atoms with Crippen molar-refractivity contribution < 1.29 is 8.42 Å². The highest BCUT2D eigenvalue weighted by Gasteiger charge is 2.31. The molecule has 0 aromatic heterocycles. The quantitative estimate of drug-likeness (QED) is 0.547. The normalized spacial score (nSPS) is 16.3. The molecule has 0 amide bonds. The lowest BCUT2D eigenvalue weighted by Crippen LogP contribution is -2.36. The van der Waals surface area contributed by atoms with Crippen LogP contribution in [0.1, 0.15) is 47.5 Å². The topological polar surface area (TPSA) is 46.2 Å². The largest absolute Gasteiger partial charge is 0.316 e. The monoisotopic (exact) mass is 275 g/mol. The summed E-state index contributed by atoms with van der Waals surface area (Å²) in [4.78, 5) is 0. The van der Waals surface area contributed by atoms with Crippen molar-refractivity contribution >= 4 is 9.84 Å². The Bertz CT molecular complexity index is 354. The SMILES string of the molecule is C=CC(C)(CCS(=O)(=O)C(C)(C)C)CNCCC. The van der Waals surface area contributed by atoms with E-state index in [0.29, 0.717) is 6.42 Å². The zero-order chi connectivity index (χ0) is 14.4. The van der Waals surface area contributed by atoms with E-state index in [0.717, 1.165) is 19.5 Å². The zero-order valence-corrected chi connectivity index (χ0v) is 13.4. The maximum Gasteiger partial charge on any atom is 0.155 e. The third kappa shape index (κ3) is 5.53. The molecular weight excluding hydrogens is 246 g/mol. The molecule has 1 atom stereocenters. The molecule has 0 spiro atoms. The molecule has 4 heteroatoms. The fraction of sp³-hybridized carbons (Fsp3) is 0.857. The Morgan fingerprint density at radius 2 is 1.78 bits per heavy atom. The maximum absolute atomic E-state index is 12.1. The highest BCUT2D eigenvalue weighted by molar-refractivity contribution is 7.92. The minimum atomic E-state index is -3.05. The highest BCUT2D eigenvalue weighted by Crippen LogP contribution is 2.26. The first kappa shape index (κ1) is 17.6. The summed E-state index contributed by atoms with van der Waals surface area (Å²) in [5, 5.41) is 3.34. The number of hydrogen-bond acceptors (Lipinski definition) is 3. The molecule has 108 valence electrons. The van der Waals surface area contributed by atoms with Crippen molar-refractivity contribution in [1.29, 1.82) is 0 Å². The summed E-state index contributed by atoms with van der Waals surface area (Å²) >= 11 is 0. The van der Waals surface area contributed by atoms with Crippen LogP contribution < -0.4 is 5.32 Å². The molecule has 0 bridgehead atoms. The van der Waals surface area contributed by atoms with Gasteiger partial charge in [0.1, 0.15) is 0 Å². The van der Waals surface area contributed by atoms with Crippen LogP contribution in [0.25, 0.3) is 0 Å². The van der Waals surface area contributed by atoms with Crippen LogP contribution in [0.4, 0.5) is 0 Å². The molecule has 1 unspecified atom stereocenters. The van der Waals surface area contributed by atoms with Gasteiger partial charge in [0.15, 0.2) is 9.84 Å². The second-order valence-electron chi connectivity index (χ2n) is 6.22. The van der Waals surface area contributed by atoms with Gasteiger partial charge in [-0.1, -0.05) is 19.9 Å². The molecule has 3 nitrogen and oxygen atoms in total. The Balaban J connectivity index is 4.52. The predicted octanol–water partition coefficient (Wildman–Crippen LogP) is 2.78. The fourth-order valence-electron chi connectivity index (χ4n) is 1.49. The molecule has 1 N–H and O–H groups in total. The third-order valence-electron chi connectivity index (χ3n) is 3.32. The molecule has 0 heterocycles. The van der Waals surface area contributed by atoms with Crippen LogP contribution in [0.5, 0.6) is 0 Å². The molecule has 0 rings (SSSR count). The number of sulfone groups is 1. The first-order valence-electron chi connectivity index (χ1n) is 6.64. The van der Waals surface area contributed by atoms with Crippen molar-refractivity contribution in [1.82, 2.24) is 5.32 Å². The fourth-order valence-corrected chi connectivity index (χ4v) is 2.83. The summed E-state index contributed by atoms with van der Waals surface area (Å²) in [6.07, 6.45) is 3.56. The van der Waals surface area contributed by atoms with E-state index in [1.54, 1.807) is 20.8 Å². The maximum atomic E-state index is 12.1. The van der Waals surface area contributed by atoms with Crippen molar-refractivity contribution in [2.24, 2.45) is 5.41 Å². The highest BCUT2D eigenvalue weighted by atomic mass is 32.2. The van der Waals surface area contributed by atoms with Crippen molar-refractivity contribution in [2.45, 2.75) is 52.2 Å². The van der Waals surface area contributed by atoms with E-state index in [1.165, 1.54) is 0 Å². The lowest BCUT2D eigenvalue weighted by Gasteiger charge is -2.28. The molecule has 0 aromatic carbocycles. The molecule has 18 heavy (non-hydrogen) atoms. The standard InChI is InChI=1S/C14H29NO2S/c1-7-10-15-12-14(6,8-2)9-11-18(16,17)13(3,4)5/h8,15H,2,7,9-12H2,1,3-6H3. The molecule has 0 aliphatic rings. The van der Waals surface area contributed by atoms with Crippen LogP contribution in [0, 0.1) is 5.41 Å². The van der Waals surface area contributed by atoms with Gasteiger partial charge < -0.3 is 5.32 Å². The van der Waals surface area contributed by atoms with Crippen molar-refractivity contribution in [3.05, 3.63) is 12.7 Å². The van der Waals surface area contributed by atoms with E-state index in [9.17, 15) is 8.42 Å². The summed E-state index contributed by atoms with van der Waals surface area (Å²) in [7, 11) is -3.05. The van der Waals surface area contributed by atoms with Gasteiger partial charge in [-0.15, -0.1) is 6.58 Å². The van der Waals surface area contributed by atoms with Crippen LogP contribution in [-0.2, 0) is 9.84 Å². The summed E-state index contributed by atoms with van der Waals surface area (Å²) in [6.45, 7) is 15.0. The van der Waals surface area contributed by atoms with Gasteiger partial charge in [0.25, 0.3) is 0 Å². The van der Waals surface area contributed by atoms with Crippen LogP contribution in [-0.4, -0.2) is 32.0 Å². The van der Waals surface area contributed by atoms with Gasteiger partial charge in [-0.2, -0.15) is 0 Å². The molecule has 0 aromatic rings. The van der Waals surface area contributed by atoms with E-state index in [4.69, 9.17) is 0 Å². The summed E-state index contributed by atoms with van der Waals surface area (Å²) in [6, 6.07) is 0. The number of hydrogen-bond donors (Lipinski definition) is 1. The minimum absolute atomic E-state index is 0.159. The summed E-state index contributed by atoms with van der Waals surface area (Å²) in [5.41, 5.74) is -0.159. The van der Waals surface area contributed by atoms with Gasteiger partial charge in [0.05, 0.1) is 10.5 Å². The Hall–Kier alpha value is -0.350. The zero-order valence-electron chi connectivity index (χ0n) is 12.5. The Labute approximate surface area is 113 Å². The van der Waals surface area contributed by atoms with Gasteiger partial charge in [0.2, 0.25) is 0 Å². The van der Waals surface area contributed by atoms with E-state index in [-0.39, 0.29) is 11.2 Å². The Morgan fingerprint density at radius 3 is 2.17 bits per heavy atom. The predicted molar refractivity (Wildman–Crippen MR) is 79.6 cm³/mol. The van der Waals surface area contributed by atoms with Crippen LogP contribution in [0.15, 0.2) is 12.7 Å². The molecule has 0 aliphatic carbocycles. The summed E-state index contributed by atoms with van der Waals surface area (Å²) < 4.78 is 23.5. The molecule has 0 fully saturated rings. The van der Waals surface area contributed by atoms with Gasteiger partial charge in [0, 0.05) is 6.54 Å². The second-order valence-corrected chi connectivity index (χ2v) is 9.08. The van der Waals surface area contributed by atoms with Crippen molar-refractivity contribution in [3.8, 4) is 0 Å². The van der Waals surface area contributed by atoms with E-state index >= 15 is 0 Å². The van der Waals surface area contributed by atoms with Crippen LogP contribution in [0.2, 0.25) is 0 Å². The van der Waals surface area contributed by atoms with Crippen molar-refractivity contribution in [3.63, 3.8) is 0 Å². The van der Waals surface area contributed by atoms with Gasteiger partial charge in [-0.3, -0.25) is 0 Å². The van der Waals surface area contributed by atoms with Crippen LogP contribution in [0.3, 0.4) is 0 Å². The first-order chi connectivity index (χ1) is 8.08. The average Bonchev–Trinajstić information content (AvgIpc) is 2.25. The van der Waals surface area contributed by atoms with E-state index < -0.39 is 14.6 Å². The lowest BCUT2D eigenvalue weighted by molar-refractivity contribution is 0.379. The number of rotatable bonds is 8. The second kappa shape index (κ2) is 6.71. The molecular formula is C14H29NO2S. The molecule has 0 radical (unpaired) electrons. The van der Waals surface area contributed by atoms with Gasteiger partial charge in [-0.05, 0) is 45.6 Å². The summed E-state index contributed by atoms with van der Waals surface area (Å²) in [5.74, 6) is 0.215. The van der Waals surface area contributed by atoms with Crippen LogP contribution >= 0.6 is 0 Å². The average molecular weight is 275 g/mol. The third-order valence-corrected chi connectivity index (χ3v) is 5.93. The van der Waals surface area contributed by atoms with E-state index in [2.05, 4.69) is 25.7 Å². The van der Waals surface area contributed by atoms with Gasteiger partial charge >= 0.3 is 0 Å². The molecule has 0 aliphatic heterocycles. The lowest BCUT2D eigenvalue weighted by atomic mass is 9.88. The number of nitrogens with one attached hydrogen (secondary N) is 1. The minimum Gasteiger partial charge on any atom is -0.316 e. The first-order valence-corrected chi connectivity index (χ1v) is 8.30. The smallest absolute Gasteiger partial charge is 0.155 e.